The van der Waals surface area contributed by atoms with Crippen LogP contribution in [0, 0.1) is 17.3 Å². The molecule has 0 aromatic rings. The predicted molar refractivity (Wildman–Crippen MR) is 50.6 cm³/mol. The van der Waals surface area contributed by atoms with Crippen LogP contribution >= 0.6 is 0 Å². The van der Waals surface area contributed by atoms with Gasteiger partial charge in [0.1, 0.15) is 5.41 Å². The average molecular weight is 196 g/mol. The van der Waals surface area contributed by atoms with Gasteiger partial charge in [0.05, 0.1) is 6.61 Å². The largest absolute Gasteiger partial charge is 0.465 e. The van der Waals surface area contributed by atoms with E-state index in [-0.39, 0.29) is 17.7 Å². The van der Waals surface area contributed by atoms with Crippen LogP contribution in [0.1, 0.15) is 33.1 Å². The molecule has 14 heavy (non-hydrogen) atoms. The molecule has 0 aromatic carbocycles. The third-order valence-electron chi connectivity index (χ3n) is 3.33. The number of rotatable bonds is 4. The first-order chi connectivity index (χ1) is 6.57. The van der Waals surface area contributed by atoms with Crippen molar-refractivity contribution in [3.63, 3.8) is 0 Å². The molecule has 0 amide bonds. The summed E-state index contributed by atoms with van der Waals surface area (Å²) in [5.41, 5.74) is -0.686. The fraction of sp³-hybridized carbons (Fsp3) is 0.818. The number of cyclic esters (lactones) is 1. The summed E-state index contributed by atoms with van der Waals surface area (Å²) < 4.78 is 4.89. The zero-order chi connectivity index (χ0) is 10.3. The highest BCUT2D eigenvalue weighted by Crippen LogP contribution is 2.58. The second-order valence-electron chi connectivity index (χ2n) is 4.83. The Hall–Kier alpha value is -0.860. The van der Waals surface area contributed by atoms with Crippen LogP contribution in [0.2, 0.25) is 0 Å². The average Bonchev–Trinajstić information content (AvgIpc) is 2.79. The highest BCUT2D eigenvalue weighted by atomic mass is 16.5. The van der Waals surface area contributed by atoms with Crippen molar-refractivity contribution >= 4 is 11.8 Å². The van der Waals surface area contributed by atoms with Crippen molar-refractivity contribution in [1.82, 2.24) is 0 Å². The molecule has 1 aliphatic heterocycles. The molecule has 1 saturated heterocycles. The molecule has 1 saturated carbocycles. The van der Waals surface area contributed by atoms with E-state index in [2.05, 4.69) is 13.8 Å². The lowest BCUT2D eigenvalue weighted by atomic mass is 9.93. The summed E-state index contributed by atoms with van der Waals surface area (Å²) in [5, 5.41) is 0. The number of hydrogen-bond donors (Lipinski definition) is 0. The molecule has 0 bridgehead atoms. The normalized spacial score (nSPS) is 34.2. The van der Waals surface area contributed by atoms with Crippen molar-refractivity contribution < 1.29 is 14.3 Å². The minimum absolute atomic E-state index is 0.110. The van der Waals surface area contributed by atoms with Gasteiger partial charge >= 0.3 is 5.97 Å². The highest BCUT2D eigenvalue weighted by molar-refractivity contribution is 6.08. The molecule has 2 fully saturated rings. The van der Waals surface area contributed by atoms with Gasteiger partial charge in [0, 0.05) is 12.3 Å². The zero-order valence-corrected chi connectivity index (χ0v) is 8.71. The van der Waals surface area contributed by atoms with E-state index in [9.17, 15) is 9.59 Å². The van der Waals surface area contributed by atoms with E-state index in [0.29, 0.717) is 18.9 Å². The van der Waals surface area contributed by atoms with Crippen LogP contribution in [0.5, 0.6) is 0 Å². The van der Waals surface area contributed by atoms with Crippen LogP contribution in [0.25, 0.3) is 0 Å². The molecular formula is C11H16O3. The smallest absolute Gasteiger partial charge is 0.320 e. The number of carbonyl (C=O) groups is 2. The maximum Gasteiger partial charge on any atom is 0.320 e. The van der Waals surface area contributed by atoms with Crippen molar-refractivity contribution in [3.8, 4) is 0 Å². The summed E-state index contributed by atoms with van der Waals surface area (Å²) in [4.78, 5) is 23.2. The quantitative estimate of drug-likeness (QED) is 0.506. The molecular weight excluding hydrogens is 180 g/mol. The van der Waals surface area contributed by atoms with Crippen molar-refractivity contribution in [2.24, 2.45) is 17.3 Å². The van der Waals surface area contributed by atoms with Crippen LogP contribution in [0.15, 0.2) is 0 Å². The molecule has 3 nitrogen and oxygen atoms in total. The van der Waals surface area contributed by atoms with Crippen molar-refractivity contribution in [1.29, 1.82) is 0 Å². The first-order valence-corrected chi connectivity index (χ1v) is 5.28. The monoisotopic (exact) mass is 196 g/mol. The number of ketones is 1. The second kappa shape index (κ2) is 3.07. The van der Waals surface area contributed by atoms with Gasteiger partial charge in [0.2, 0.25) is 0 Å². The van der Waals surface area contributed by atoms with E-state index < -0.39 is 5.41 Å². The summed E-state index contributed by atoms with van der Waals surface area (Å²) >= 11 is 0. The standard InChI is InChI=1S/C11H16O3/c1-7(2)3-4-9(12)11-5-8(11)6-14-10(11)13/h7-8H,3-6H2,1-2H3/t8-,11-/m1/s1. The Balaban J connectivity index is 1.96. The molecule has 0 aromatic heterocycles. The van der Waals surface area contributed by atoms with Gasteiger partial charge in [-0.15, -0.1) is 0 Å². The number of hydrogen-bond acceptors (Lipinski definition) is 3. The Morgan fingerprint density at radius 1 is 1.64 bits per heavy atom. The first kappa shape index (κ1) is 9.69. The lowest BCUT2D eigenvalue weighted by Crippen LogP contribution is -2.24. The third kappa shape index (κ3) is 1.26. The molecule has 1 heterocycles. The maximum absolute atomic E-state index is 11.8. The fourth-order valence-electron chi connectivity index (χ4n) is 2.18. The molecule has 1 aliphatic carbocycles. The second-order valence-corrected chi connectivity index (χ2v) is 4.83. The van der Waals surface area contributed by atoms with Crippen molar-refractivity contribution in [2.45, 2.75) is 33.1 Å². The summed E-state index contributed by atoms with van der Waals surface area (Å²) in [7, 11) is 0. The fourth-order valence-corrected chi connectivity index (χ4v) is 2.18. The minimum atomic E-state index is -0.686. The topological polar surface area (TPSA) is 43.4 Å². The van der Waals surface area contributed by atoms with E-state index in [1.165, 1.54) is 0 Å². The van der Waals surface area contributed by atoms with Gasteiger partial charge in [-0.05, 0) is 18.8 Å². The lowest BCUT2D eigenvalue weighted by molar-refractivity contribution is -0.148. The summed E-state index contributed by atoms with van der Waals surface area (Å²) in [6, 6.07) is 0. The number of esters is 1. The number of fused-ring (bicyclic) bond motifs is 1. The lowest BCUT2D eigenvalue weighted by Gasteiger charge is -2.09. The van der Waals surface area contributed by atoms with Gasteiger partial charge in [0.25, 0.3) is 0 Å². The molecule has 0 spiro atoms. The van der Waals surface area contributed by atoms with Gasteiger partial charge in [-0.2, -0.15) is 0 Å². The molecule has 3 heteroatoms. The zero-order valence-electron chi connectivity index (χ0n) is 8.71. The van der Waals surface area contributed by atoms with Crippen LogP contribution in [0.3, 0.4) is 0 Å². The van der Waals surface area contributed by atoms with Crippen LogP contribution < -0.4 is 0 Å². The number of carbonyl (C=O) groups excluding carboxylic acids is 2. The highest BCUT2D eigenvalue weighted by Gasteiger charge is 2.69. The maximum atomic E-state index is 11.8. The molecule has 2 atom stereocenters. The Bertz CT molecular complexity index is 282. The Labute approximate surface area is 83.8 Å². The first-order valence-electron chi connectivity index (χ1n) is 5.28. The van der Waals surface area contributed by atoms with Crippen molar-refractivity contribution in [2.75, 3.05) is 6.61 Å². The van der Waals surface area contributed by atoms with Crippen molar-refractivity contribution in [3.05, 3.63) is 0 Å². The molecule has 0 unspecified atom stereocenters. The molecule has 2 rings (SSSR count). The van der Waals surface area contributed by atoms with E-state index in [0.717, 1.165) is 12.8 Å². The number of Topliss-reactive ketones (excluding diaryl/α,β-unsaturated/α-hetero) is 1. The van der Waals surface area contributed by atoms with E-state index >= 15 is 0 Å². The third-order valence-corrected chi connectivity index (χ3v) is 3.33. The number of ether oxygens (including phenoxy) is 1. The van der Waals surface area contributed by atoms with Crippen LogP contribution in [-0.2, 0) is 14.3 Å². The summed E-state index contributed by atoms with van der Waals surface area (Å²) in [6.07, 6.45) is 2.15. The minimum Gasteiger partial charge on any atom is -0.465 e. The predicted octanol–water partition coefficient (Wildman–Crippen LogP) is 1.55. The Morgan fingerprint density at radius 2 is 2.36 bits per heavy atom. The molecule has 2 aliphatic rings. The van der Waals surface area contributed by atoms with Crippen LogP contribution in [0.4, 0.5) is 0 Å². The van der Waals surface area contributed by atoms with Gasteiger partial charge < -0.3 is 4.74 Å². The van der Waals surface area contributed by atoms with E-state index in [4.69, 9.17) is 4.74 Å². The van der Waals surface area contributed by atoms with E-state index in [1.54, 1.807) is 0 Å². The van der Waals surface area contributed by atoms with Gasteiger partial charge in [0.15, 0.2) is 5.78 Å². The van der Waals surface area contributed by atoms with E-state index in [1.807, 2.05) is 0 Å². The Kier molecular flexibility index (Phi) is 2.13. The summed E-state index contributed by atoms with van der Waals surface area (Å²) in [5.74, 6) is 0.564. The van der Waals surface area contributed by atoms with Gasteiger partial charge in [-0.25, -0.2) is 0 Å². The van der Waals surface area contributed by atoms with Gasteiger partial charge in [-0.3, -0.25) is 9.59 Å². The van der Waals surface area contributed by atoms with Gasteiger partial charge in [-0.1, -0.05) is 13.8 Å². The Morgan fingerprint density at radius 3 is 2.79 bits per heavy atom. The summed E-state index contributed by atoms with van der Waals surface area (Å²) in [6.45, 7) is 4.64. The van der Waals surface area contributed by atoms with Crippen LogP contribution in [-0.4, -0.2) is 18.4 Å². The SMILES string of the molecule is CC(C)CCC(=O)[C@@]12C[C@@H]1COC2=O. The molecule has 0 N–H and O–H groups in total. The molecule has 78 valence electrons. The molecule has 0 radical (unpaired) electrons.